The number of carbonyl (C=O) groups excluding carboxylic acids is 1. The van der Waals surface area contributed by atoms with Crippen molar-refractivity contribution in [1.82, 2.24) is 4.90 Å². The van der Waals surface area contributed by atoms with E-state index in [1.165, 1.54) is 0 Å². The number of likely N-dealkylation sites (tertiary alicyclic amines) is 1. The van der Waals surface area contributed by atoms with Crippen LogP contribution in [0.4, 0.5) is 8.78 Å². The second kappa shape index (κ2) is 10.0. The van der Waals surface area contributed by atoms with Crippen LogP contribution in [0.25, 0.3) is 0 Å². The minimum absolute atomic E-state index is 0.0420. The molecule has 2 N–H and O–H groups in total. The number of hydrogen-bond donors (Lipinski definition) is 1. The summed E-state index contributed by atoms with van der Waals surface area (Å²) in [6.07, 6.45) is 0.348. The van der Waals surface area contributed by atoms with Crippen LogP contribution in [-0.2, 0) is 14.3 Å². The molecule has 1 fully saturated rings. The fourth-order valence-corrected chi connectivity index (χ4v) is 2.10. The summed E-state index contributed by atoms with van der Waals surface area (Å²) in [5, 5.41) is 0. The largest absolute Gasteiger partial charge is 0.378 e. The minimum Gasteiger partial charge on any atom is -0.378 e. The van der Waals surface area contributed by atoms with E-state index in [1.807, 2.05) is 0 Å². The first kappa shape index (κ1) is 17.3. The molecule has 1 amide bonds. The Bertz CT molecular complexity index is 272. The average Bonchev–Trinajstić information content (AvgIpc) is 2.44. The summed E-state index contributed by atoms with van der Waals surface area (Å²) in [5.41, 5.74) is 5.39. The van der Waals surface area contributed by atoms with Crippen molar-refractivity contribution < 1.29 is 23.0 Å². The van der Waals surface area contributed by atoms with E-state index in [2.05, 4.69) is 0 Å². The third kappa shape index (κ3) is 7.12. The zero-order valence-corrected chi connectivity index (χ0v) is 11.7. The van der Waals surface area contributed by atoms with Crippen LogP contribution in [0.5, 0.6) is 0 Å². The van der Waals surface area contributed by atoms with Gasteiger partial charge in [0.15, 0.2) is 0 Å². The average molecular weight is 294 g/mol. The molecule has 0 aromatic rings. The van der Waals surface area contributed by atoms with E-state index in [0.29, 0.717) is 26.2 Å². The van der Waals surface area contributed by atoms with Gasteiger partial charge < -0.3 is 20.1 Å². The van der Waals surface area contributed by atoms with Crippen molar-refractivity contribution in [3.05, 3.63) is 0 Å². The molecule has 5 nitrogen and oxygen atoms in total. The van der Waals surface area contributed by atoms with Crippen LogP contribution < -0.4 is 5.73 Å². The molecule has 0 atom stereocenters. The zero-order chi connectivity index (χ0) is 14.8. The van der Waals surface area contributed by atoms with Crippen LogP contribution in [0.1, 0.15) is 25.7 Å². The highest BCUT2D eigenvalue weighted by Gasteiger charge is 2.22. The normalized spacial score (nSPS) is 16.9. The third-order valence-electron chi connectivity index (χ3n) is 3.20. The molecule has 7 heteroatoms. The zero-order valence-electron chi connectivity index (χ0n) is 11.7. The van der Waals surface area contributed by atoms with Gasteiger partial charge in [-0.25, -0.2) is 8.78 Å². The van der Waals surface area contributed by atoms with Gasteiger partial charge in [0.05, 0.1) is 19.1 Å². The third-order valence-corrected chi connectivity index (χ3v) is 3.20. The van der Waals surface area contributed by atoms with Gasteiger partial charge in [0, 0.05) is 19.7 Å². The SMILES string of the molecule is NCCCOC1CCN(C(=O)CCOCC(F)F)CC1. The molecule has 0 aliphatic carbocycles. The molecule has 1 heterocycles. The van der Waals surface area contributed by atoms with Crippen molar-refractivity contribution >= 4 is 5.91 Å². The maximum absolute atomic E-state index is 11.8. The first-order valence-electron chi connectivity index (χ1n) is 7.08. The number of nitrogens with two attached hydrogens (primary N) is 1. The molecule has 0 aromatic carbocycles. The molecular weight excluding hydrogens is 270 g/mol. The molecule has 118 valence electrons. The van der Waals surface area contributed by atoms with Crippen LogP contribution >= 0.6 is 0 Å². The van der Waals surface area contributed by atoms with Crippen molar-refractivity contribution in [2.45, 2.75) is 38.2 Å². The van der Waals surface area contributed by atoms with Crippen LogP contribution in [0, 0.1) is 0 Å². The lowest BCUT2D eigenvalue weighted by molar-refractivity contribution is -0.135. The van der Waals surface area contributed by atoms with E-state index < -0.39 is 13.0 Å². The van der Waals surface area contributed by atoms with E-state index in [0.717, 1.165) is 19.3 Å². The molecule has 1 aliphatic heterocycles. The number of hydrogen-bond acceptors (Lipinski definition) is 4. The molecule has 1 aliphatic rings. The van der Waals surface area contributed by atoms with Gasteiger partial charge >= 0.3 is 0 Å². The Balaban J connectivity index is 2.09. The Hall–Kier alpha value is -0.790. The monoisotopic (exact) mass is 294 g/mol. The summed E-state index contributed by atoms with van der Waals surface area (Å²) in [5.74, 6) is -0.0420. The lowest BCUT2D eigenvalue weighted by atomic mass is 10.1. The predicted octanol–water partition coefficient (Wildman–Crippen LogP) is 1.01. The molecule has 0 spiro atoms. The molecule has 0 radical (unpaired) electrons. The standard InChI is InChI=1S/C13H24F2N2O3/c14-12(15)10-19-9-4-13(18)17-6-2-11(3-7-17)20-8-1-5-16/h11-12H,1-10,16H2. The number of carbonyl (C=O) groups is 1. The lowest BCUT2D eigenvalue weighted by Gasteiger charge is -2.32. The van der Waals surface area contributed by atoms with Gasteiger partial charge in [-0.05, 0) is 25.8 Å². The second-order valence-corrected chi connectivity index (χ2v) is 4.81. The molecule has 0 aromatic heterocycles. The van der Waals surface area contributed by atoms with Crippen LogP contribution in [0.15, 0.2) is 0 Å². The van der Waals surface area contributed by atoms with E-state index in [-0.39, 0.29) is 25.0 Å². The number of amides is 1. The summed E-state index contributed by atoms with van der Waals surface area (Å²) in [6, 6.07) is 0. The lowest BCUT2D eigenvalue weighted by Crippen LogP contribution is -2.41. The first-order valence-corrected chi connectivity index (χ1v) is 7.08. The van der Waals surface area contributed by atoms with Crippen molar-refractivity contribution in [2.75, 3.05) is 39.5 Å². The second-order valence-electron chi connectivity index (χ2n) is 4.81. The molecule has 0 bridgehead atoms. The maximum Gasteiger partial charge on any atom is 0.261 e. The molecule has 0 unspecified atom stereocenters. The highest BCUT2D eigenvalue weighted by molar-refractivity contribution is 5.76. The van der Waals surface area contributed by atoms with Crippen LogP contribution in [0.2, 0.25) is 0 Å². The van der Waals surface area contributed by atoms with E-state index in [4.69, 9.17) is 15.2 Å². The fourth-order valence-electron chi connectivity index (χ4n) is 2.10. The molecule has 0 saturated carbocycles. The molecular formula is C13H24F2N2O3. The first-order chi connectivity index (χ1) is 9.63. The number of nitrogens with zero attached hydrogens (tertiary/aromatic N) is 1. The number of piperidine rings is 1. The molecule has 20 heavy (non-hydrogen) atoms. The van der Waals surface area contributed by atoms with E-state index >= 15 is 0 Å². The van der Waals surface area contributed by atoms with Gasteiger partial charge in [-0.15, -0.1) is 0 Å². The summed E-state index contributed by atoms with van der Waals surface area (Å²) in [7, 11) is 0. The minimum atomic E-state index is -2.48. The fraction of sp³-hybridized carbons (Fsp3) is 0.923. The smallest absolute Gasteiger partial charge is 0.261 e. The van der Waals surface area contributed by atoms with Crippen molar-refractivity contribution in [3.8, 4) is 0 Å². The summed E-state index contributed by atoms with van der Waals surface area (Å²) >= 11 is 0. The Morgan fingerprint density at radius 3 is 2.60 bits per heavy atom. The highest BCUT2D eigenvalue weighted by Crippen LogP contribution is 2.14. The van der Waals surface area contributed by atoms with E-state index in [1.54, 1.807) is 4.90 Å². The van der Waals surface area contributed by atoms with Gasteiger partial charge in [-0.2, -0.15) is 0 Å². The number of rotatable bonds is 9. The number of ether oxygens (including phenoxy) is 2. The van der Waals surface area contributed by atoms with Crippen LogP contribution in [-0.4, -0.2) is 62.8 Å². The summed E-state index contributed by atoms with van der Waals surface area (Å²) in [4.78, 5) is 13.6. The molecule has 1 saturated heterocycles. The highest BCUT2D eigenvalue weighted by atomic mass is 19.3. The van der Waals surface area contributed by atoms with Gasteiger partial charge in [-0.3, -0.25) is 4.79 Å². The quantitative estimate of drug-likeness (QED) is 0.645. The van der Waals surface area contributed by atoms with Gasteiger partial charge in [0.1, 0.15) is 6.61 Å². The van der Waals surface area contributed by atoms with Crippen molar-refractivity contribution in [3.63, 3.8) is 0 Å². The van der Waals surface area contributed by atoms with Gasteiger partial charge in [-0.1, -0.05) is 0 Å². The summed E-state index contributed by atoms with van der Waals surface area (Å²) < 4.78 is 34.0. The predicted molar refractivity (Wildman–Crippen MR) is 70.7 cm³/mol. The maximum atomic E-state index is 11.8. The Labute approximate surface area is 118 Å². The number of halogens is 2. The number of alkyl halides is 2. The molecule has 1 rings (SSSR count). The van der Waals surface area contributed by atoms with Crippen molar-refractivity contribution in [2.24, 2.45) is 5.73 Å². The Morgan fingerprint density at radius 1 is 1.30 bits per heavy atom. The Kier molecular flexibility index (Phi) is 8.64. The topological polar surface area (TPSA) is 64.8 Å². The van der Waals surface area contributed by atoms with Gasteiger partial charge in [0.25, 0.3) is 6.43 Å². The summed E-state index contributed by atoms with van der Waals surface area (Å²) in [6.45, 7) is 2.04. The van der Waals surface area contributed by atoms with E-state index in [9.17, 15) is 13.6 Å². The Morgan fingerprint density at radius 2 is 2.00 bits per heavy atom. The van der Waals surface area contributed by atoms with Crippen LogP contribution in [0.3, 0.4) is 0 Å². The van der Waals surface area contributed by atoms with Crippen molar-refractivity contribution in [1.29, 1.82) is 0 Å². The van der Waals surface area contributed by atoms with Gasteiger partial charge in [0.2, 0.25) is 5.91 Å².